The van der Waals surface area contributed by atoms with E-state index in [1.807, 2.05) is 6.07 Å². The number of anilines is 2. The summed E-state index contributed by atoms with van der Waals surface area (Å²) in [4.78, 5) is 16.1. The van der Waals surface area contributed by atoms with Crippen molar-refractivity contribution in [2.45, 2.75) is 11.4 Å². The molecule has 1 aromatic heterocycles. The van der Waals surface area contributed by atoms with Crippen molar-refractivity contribution in [1.82, 2.24) is 9.55 Å². The van der Waals surface area contributed by atoms with Gasteiger partial charge in [0, 0.05) is 25.1 Å². The lowest BCUT2D eigenvalue weighted by atomic mass is 10.3. The van der Waals surface area contributed by atoms with Crippen LogP contribution in [0.2, 0.25) is 0 Å². The number of benzene rings is 2. The molecule has 3 rings (SSSR count). The predicted molar refractivity (Wildman–Crippen MR) is 99.3 cm³/mol. The zero-order chi connectivity index (χ0) is 18.6. The van der Waals surface area contributed by atoms with Gasteiger partial charge in [0.1, 0.15) is 6.54 Å². The minimum absolute atomic E-state index is 0.0981. The maximum atomic E-state index is 12.8. The molecule has 3 aromatic rings. The van der Waals surface area contributed by atoms with E-state index in [1.165, 1.54) is 29.8 Å². The Morgan fingerprint density at radius 1 is 1.15 bits per heavy atom. The number of amides is 1. The Bertz CT molecular complexity index is 986. The summed E-state index contributed by atoms with van der Waals surface area (Å²) in [6.45, 7) is 0.0981. The summed E-state index contributed by atoms with van der Waals surface area (Å²) in [6, 6.07) is 15.0. The molecule has 0 unspecified atom stereocenters. The fourth-order valence-electron chi connectivity index (χ4n) is 2.42. The molecule has 26 heavy (non-hydrogen) atoms. The molecular weight excluding hydrogens is 352 g/mol. The maximum Gasteiger partial charge on any atom is 0.264 e. The third-order valence-corrected chi connectivity index (χ3v) is 5.56. The van der Waals surface area contributed by atoms with Crippen molar-refractivity contribution >= 4 is 27.3 Å². The van der Waals surface area contributed by atoms with Crippen LogP contribution in [0.5, 0.6) is 0 Å². The van der Waals surface area contributed by atoms with E-state index in [9.17, 15) is 13.2 Å². The van der Waals surface area contributed by atoms with Gasteiger partial charge in [-0.3, -0.25) is 9.10 Å². The van der Waals surface area contributed by atoms with Crippen molar-refractivity contribution in [3.8, 4) is 0 Å². The third-order valence-electron chi connectivity index (χ3n) is 3.78. The lowest BCUT2D eigenvalue weighted by molar-refractivity contribution is -0.116. The molecule has 0 atom stereocenters. The van der Waals surface area contributed by atoms with Gasteiger partial charge in [-0.2, -0.15) is 0 Å². The van der Waals surface area contributed by atoms with Gasteiger partial charge in [-0.1, -0.05) is 24.3 Å². The molecule has 0 spiro atoms. The van der Waals surface area contributed by atoms with Crippen molar-refractivity contribution in [2.24, 2.45) is 0 Å². The molecule has 0 aliphatic rings. The van der Waals surface area contributed by atoms with Crippen molar-refractivity contribution in [3.63, 3.8) is 0 Å². The lowest BCUT2D eigenvalue weighted by Gasteiger charge is -2.19. The SMILES string of the molecule is CN(c1ccccc1)S(=O)(=O)c1cccc(NC(=O)Cn2ccnc2)c1. The number of carbonyl (C=O) groups is 1. The van der Waals surface area contributed by atoms with Gasteiger partial charge in [0.15, 0.2) is 0 Å². The van der Waals surface area contributed by atoms with Crippen molar-refractivity contribution in [3.05, 3.63) is 73.3 Å². The number of hydrogen-bond donors (Lipinski definition) is 1. The van der Waals surface area contributed by atoms with Crippen molar-refractivity contribution in [2.75, 3.05) is 16.7 Å². The summed E-state index contributed by atoms with van der Waals surface area (Å²) >= 11 is 0. The predicted octanol–water partition coefficient (Wildman–Crippen LogP) is 2.35. The molecule has 1 amide bonds. The second-order valence-corrected chi connectivity index (χ2v) is 7.59. The quantitative estimate of drug-likeness (QED) is 0.722. The lowest BCUT2D eigenvalue weighted by Crippen LogP contribution is -2.26. The number of imidazole rings is 1. The monoisotopic (exact) mass is 370 g/mol. The average Bonchev–Trinajstić information content (AvgIpc) is 3.14. The molecule has 0 aliphatic carbocycles. The first kappa shape index (κ1) is 17.7. The highest BCUT2D eigenvalue weighted by molar-refractivity contribution is 7.92. The standard InChI is InChI=1S/C18H18N4O3S/c1-21(16-7-3-2-4-8-16)26(24,25)17-9-5-6-15(12-17)20-18(23)13-22-11-10-19-14-22/h2-12,14H,13H2,1H3,(H,20,23). The fraction of sp³-hybridized carbons (Fsp3) is 0.111. The summed E-state index contributed by atoms with van der Waals surface area (Å²) in [5.74, 6) is -0.269. The van der Waals surface area contributed by atoms with Crippen LogP contribution in [0.3, 0.4) is 0 Å². The Labute approximate surface area is 152 Å². The first-order valence-corrected chi connectivity index (χ1v) is 9.30. The van der Waals surface area contributed by atoms with Gasteiger partial charge in [-0.25, -0.2) is 13.4 Å². The molecule has 0 saturated heterocycles. The van der Waals surface area contributed by atoms with Crippen LogP contribution in [0.25, 0.3) is 0 Å². The summed E-state index contributed by atoms with van der Waals surface area (Å²) < 4.78 is 28.5. The number of rotatable bonds is 6. The van der Waals surface area contributed by atoms with Gasteiger partial charge < -0.3 is 9.88 Å². The van der Waals surface area contributed by atoms with Crippen LogP contribution in [-0.4, -0.2) is 30.9 Å². The molecule has 1 N–H and O–H groups in total. The minimum atomic E-state index is -3.73. The molecule has 7 nitrogen and oxygen atoms in total. The van der Waals surface area contributed by atoms with Crippen molar-refractivity contribution < 1.29 is 13.2 Å². The number of carbonyl (C=O) groups excluding carboxylic acids is 1. The molecular formula is C18H18N4O3S. The Morgan fingerprint density at radius 3 is 2.62 bits per heavy atom. The molecule has 0 bridgehead atoms. The highest BCUT2D eigenvalue weighted by Gasteiger charge is 2.21. The molecule has 1 heterocycles. The van der Waals surface area contributed by atoms with Crippen LogP contribution in [0.15, 0.2) is 78.2 Å². The summed E-state index contributed by atoms with van der Waals surface area (Å²) in [5, 5.41) is 2.70. The summed E-state index contributed by atoms with van der Waals surface area (Å²) in [5.41, 5.74) is 0.972. The highest BCUT2D eigenvalue weighted by atomic mass is 32.2. The zero-order valence-electron chi connectivity index (χ0n) is 14.1. The van der Waals surface area contributed by atoms with Gasteiger partial charge in [-0.05, 0) is 30.3 Å². The summed E-state index contributed by atoms with van der Waals surface area (Å²) in [6.07, 6.45) is 4.80. The van der Waals surface area contributed by atoms with Gasteiger partial charge in [-0.15, -0.1) is 0 Å². The van der Waals surface area contributed by atoms with Gasteiger partial charge >= 0.3 is 0 Å². The first-order valence-electron chi connectivity index (χ1n) is 7.86. The van der Waals surface area contributed by atoms with Crippen LogP contribution < -0.4 is 9.62 Å². The number of nitrogens with one attached hydrogen (secondary N) is 1. The van der Waals surface area contributed by atoms with Crippen LogP contribution in [0, 0.1) is 0 Å². The Balaban J connectivity index is 1.79. The minimum Gasteiger partial charge on any atom is -0.328 e. The topological polar surface area (TPSA) is 84.3 Å². The zero-order valence-corrected chi connectivity index (χ0v) is 14.9. The molecule has 0 fully saturated rings. The van der Waals surface area contributed by atoms with E-state index in [2.05, 4.69) is 10.3 Å². The van der Waals surface area contributed by atoms with Crippen LogP contribution in [-0.2, 0) is 21.4 Å². The molecule has 8 heteroatoms. The van der Waals surface area contributed by atoms with Gasteiger partial charge in [0.25, 0.3) is 10.0 Å². The van der Waals surface area contributed by atoms with E-state index >= 15 is 0 Å². The van der Waals surface area contributed by atoms with E-state index < -0.39 is 10.0 Å². The van der Waals surface area contributed by atoms with E-state index in [4.69, 9.17) is 0 Å². The smallest absolute Gasteiger partial charge is 0.264 e. The molecule has 2 aromatic carbocycles. The van der Waals surface area contributed by atoms with E-state index in [-0.39, 0.29) is 17.3 Å². The first-order chi connectivity index (χ1) is 12.5. The van der Waals surface area contributed by atoms with Crippen LogP contribution in [0.1, 0.15) is 0 Å². The number of para-hydroxylation sites is 1. The largest absolute Gasteiger partial charge is 0.328 e. The number of hydrogen-bond acceptors (Lipinski definition) is 4. The second-order valence-electron chi connectivity index (χ2n) is 5.62. The Morgan fingerprint density at radius 2 is 1.92 bits per heavy atom. The maximum absolute atomic E-state index is 12.8. The van der Waals surface area contributed by atoms with E-state index in [0.717, 1.165) is 0 Å². The molecule has 0 saturated carbocycles. The van der Waals surface area contributed by atoms with E-state index in [0.29, 0.717) is 11.4 Å². The average molecular weight is 370 g/mol. The normalized spacial score (nSPS) is 11.1. The molecule has 0 radical (unpaired) electrons. The Hall–Kier alpha value is -3.13. The molecule has 134 valence electrons. The molecule has 0 aliphatic heterocycles. The van der Waals surface area contributed by atoms with E-state index in [1.54, 1.807) is 53.4 Å². The Kier molecular flexibility index (Phi) is 5.04. The number of aromatic nitrogens is 2. The van der Waals surface area contributed by atoms with Crippen LogP contribution in [0.4, 0.5) is 11.4 Å². The van der Waals surface area contributed by atoms with Crippen molar-refractivity contribution in [1.29, 1.82) is 0 Å². The van der Waals surface area contributed by atoms with Gasteiger partial charge in [0.2, 0.25) is 5.91 Å². The highest BCUT2D eigenvalue weighted by Crippen LogP contribution is 2.23. The fourth-order valence-corrected chi connectivity index (χ4v) is 3.66. The third kappa shape index (κ3) is 3.92. The summed E-state index contributed by atoms with van der Waals surface area (Å²) in [7, 11) is -2.24. The number of sulfonamides is 1. The number of nitrogens with zero attached hydrogens (tertiary/aromatic N) is 3. The second kappa shape index (κ2) is 7.40. The van der Waals surface area contributed by atoms with Gasteiger partial charge in [0.05, 0.1) is 16.9 Å². The van der Waals surface area contributed by atoms with Crippen LogP contribution >= 0.6 is 0 Å².